The summed E-state index contributed by atoms with van der Waals surface area (Å²) in [5, 5.41) is 2.82. The molecule has 4 nitrogen and oxygen atoms in total. The molecular weight excluding hydrogens is 418 g/mol. The Bertz CT molecular complexity index is 1010. The van der Waals surface area contributed by atoms with Crippen LogP contribution in [0.4, 0.5) is 5.69 Å². The maximum absolute atomic E-state index is 12.3. The van der Waals surface area contributed by atoms with Crippen molar-refractivity contribution in [3.63, 3.8) is 0 Å². The van der Waals surface area contributed by atoms with Gasteiger partial charge < -0.3 is 10.1 Å². The van der Waals surface area contributed by atoms with E-state index >= 15 is 0 Å². The third-order valence-corrected chi connectivity index (χ3v) is 4.78. The van der Waals surface area contributed by atoms with Gasteiger partial charge in [0.1, 0.15) is 5.75 Å². The van der Waals surface area contributed by atoms with Crippen molar-refractivity contribution in [1.82, 2.24) is 0 Å². The average molecular weight is 436 g/mol. The van der Waals surface area contributed by atoms with Crippen molar-refractivity contribution in [1.29, 1.82) is 0 Å². The number of ketones is 1. The first-order chi connectivity index (χ1) is 13.6. The number of anilines is 1. The molecule has 3 rings (SSSR count). The van der Waals surface area contributed by atoms with Crippen LogP contribution in [0.2, 0.25) is 0 Å². The Hall–Kier alpha value is -3.18. The number of carbonyl (C=O) groups excluding carboxylic acids is 2. The monoisotopic (exact) mass is 435 g/mol. The summed E-state index contributed by atoms with van der Waals surface area (Å²) in [6, 6.07) is 21.4. The zero-order valence-corrected chi connectivity index (χ0v) is 16.8. The fourth-order valence-electron chi connectivity index (χ4n) is 2.54. The topological polar surface area (TPSA) is 55.4 Å². The first-order valence-electron chi connectivity index (χ1n) is 8.59. The Morgan fingerprint density at radius 3 is 2.25 bits per heavy atom. The number of amides is 1. The molecule has 3 aromatic carbocycles. The molecule has 0 radical (unpaired) electrons. The highest BCUT2D eigenvalue weighted by Crippen LogP contribution is 2.19. The van der Waals surface area contributed by atoms with E-state index in [4.69, 9.17) is 4.74 Å². The SMILES string of the molecule is COc1ccc(/C=C/C(=O)c2ccc(NC(=O)c3ccccc3Br)cc2)cc1. The Morgan fingerprint density at radius 1 is 0.929 bits per heavy atom. The van der Waals surface area contributed by atoms with E-state index in [2.05, 4.69) is 21.2 Å². The summed E-state index contributed by atoms with van der Waals surface area (Å²) in [7, 11) is 1.61. The van der Waals surface area contributed by atoms with Gasteiger partial charge in [0.25, 0.3) is 5.91 Å². The van der Waals surface area contributed by atoms with E-state index < -0.39 is 0 Å². The lowest BCUT2D eigenvalue weighted by atomic mass is 10.1. The van der Waals surface area contributed by atoms with Crippen LogP contribution in [0, 0.1) is 0 Å². The fourth-order valence-corrected chi connectivity index (χ4v) is 3.01. The number of nitrogens with one attached hydrogen (secondary N) is 1. The van der Waals surface area contributed by atoms with Crippen LogP contribution in [0.25, 0.3) is 6.08 Å². The molecule has 0 bridgehead atoms. The molecule has 0 fully saturated rings. The summed E-state index contributed by atoms with van der Waals surface area (Å²) < 4.78 is 5.84. The molecule has 5 heteroatoms. The summed E-state index contributed by atoms with van der Waals surface area (Å²) in [6.45, 7) is 0. The molecular formula is C23H18BrNO3. The first-order valence-corrected chi connectivity index (χ1v) is 9.38. The van der Waals surface area contributed by atoms with Gasteiger partial charge in [0, 0.05) is 15.7 Å². The highest BCUT2D eigenvalue weighted by molar-refractivity contribution is 9.10. The van der Waals surface area contributed by atoms with Gasteiger partial charge in [-0.05, 0) is 76.1 Å². The third kappa shape index (κ3) is 4.96. The van der Waals surface area contributed by atoms with E-state index in [0.29, 0.717) is 16.8 Å². The number of benzene rings is 3. The van der Waals surface area contributed by atoms with Gasteiger partial charge >= 0.3 is 0 Å². The van der Waals surface area contributed by atoms with E-state index in [1.165, 1.54) is 6.08 Å². The molecule has 0 atom stereocenters. The van der Waals surface area contributed by atoms with Gasteiger partial charge in [-0.3, -0.25) is 9.59 Å². The van der Waals surface area contributed by atoms with Crippen LogP contribution in [-0.4, -0.2) is 18.8 Å². The second-order valence-electron chi connectivity index (χ2n) is 5.98. The van der Waals surface area contributed by atoms with Crippen molar-refractivity contribution in [2.24, 2.45) is 0 Å². The van der Waals surface area contributed by atoms with E-state index in [-0.39, 0.29) is 11.7 Å². The van der Waals surface area contributed by atoms with Crippen LogP contribution < -0.4 is 10.1 Å². The number of hydrogen-bond acceptors (Lipinski definition) is 3. The summed E-state index contributed by atoms with van der Waals surface area (Å²) in [6.07, 6.45) is 3.28. The molecule has 140 valence electrons. The van der Waals surface area contributed by atoms with Gasteiger partial charge in [-0.25, -0.2) is 0 Å². The lowest BCUT2D eigenvalue weighted by Gasteiger charge is -2.07. The van der Waals surface area contributed by atoms with Gasteiger partial charge in [0.05, 0.1) is 12.7 Å². The highest BCUT2D eigenvalue weighted by atomic mass is 79.9. The van der Waals surface area contributed by atoms with E-state index in [1.807, 2.05) is 36.4 Å². The fraction of sp³-hybridized carbons (Fsp3) is 0.0435. The molecule has 0 saturated carbocycles. The molecule has 0 saturated heterocycles. The molecule has 0 aromatic heterocycles. The highest BCUT2D eigenvalue weighted by Gasteiger charge is 2.10. The van der Waals surface area contributed by atoms with Gasteiger partial charge in [-0.15, -0.1) is 0 Å². The second-order valence-corrected chi connectivity index (χ2v) is 6.84. The van der Waals surface area contributed by atoms with E-state index in [1.54, 1.807) is 49.6 Å². The first kappa shape index (κ1) is 19.6. The lowest BCUT2D eigenvalue weighted by Crippen LogP contribution is -2.12. The van der Waals surface area contributed by atoms with Crippen LogP contribution >= 0.6 is 15.9 Å². The van der Waals surface area contributed by atoms with Crippen molar-refractivity contribution < 1.29 is 14.3 Å². The van der Waals surface area contributed by atoms with Crippen molar-refractivity contribution in [2.45, 2.75) is 0 Å². The summed E-state index contributed by atoms with van der Waals surface area (Å²) in [5.41, 5.74) is 2.62. The standard InChI is InChI=1S/C23H18BrNO3/c1-28-19-13-6-16(7-14-19)8-15-22(26)17-9-11-18(12-10-17)25-23(27)20-4-2-3-5-21(20)24/h2-15H,1H3,(H,25,27)/b15-8+. The van der Waals surface area contributed by atoms with Crippen LogP contribution in [0.5, 0.6) is 5.75 Å². The van der Waals surface area contributed by atoms with Gasteiger partial charge in [-0.1, -0.05) is 30.3 Å². The predicted octanol–water partition coefficient (Wildman–Crippen LogP) is 5.61. The molecule has 0 unspecified atom stereocenters. The predicted molar refractivity (Wildman–Crippen MR) is 115 cm³/mol. The second kappa shape index (κ2) is 9.15. The Morgan fingerprint density at radius 2 is 1.61 bits per heavy atom. The summed E-state index contributed by atoms with van der Waals surface area (Å²) in [4.78, 5) is 24.7. The number of hydrogen-bond donors (Lipinski definition) is 1. The molecule has 0 heterocycles. The van der Waals surface area contributed by atoms with Crippen molar-refractivity contribution >= 4 is 39.4 Å². The third-order valence-electron chi connectivity index (χ3n) is 4.09. The number of ether oxygens (including phenoxy) is 1. The summed E-state index contributed by atoms with van der Waals surface area (Å²) >= 11 is 3.37. The van der Waals surface area contributed by atoms with Crippen molar-refractivity contribution in [3.05, 3.63) is 100 Å². The number of halogens is 1. The Labute approximate surface area is 172 Å². The van der Waals surface area contributed by atoms with Gasteiger partial charge in [0.15, 0.2) is 5.78 Å². The number of methoxy groups -OCH3 is 1. The van der Waals surface area contributed by atoms with Gasteiger partial charge in [-0.2, -0.15) is 0 Å². The normalized spacial score (nSPS) is 10.6. The van der Waals surface area contributed by atoms with Crippen LogP contribution in [0.3, 0.4) is 0 Å². The van der Waals surface area contributed by atoms with E-state index in [0.717, 1.165) is 15.8 Å². The number of allylic oxidation sites excluding steroid dienone is 1. The van der Waals surface area contributed by atoms with Crippen LogP contribution in [0.1, 0.15) is 26.3 Å². The number of rotatable bonds is 6. The molecule has 0 spiro atoms. The maximum atomic E-state index is 12.3. The molecule has 1 N–H and O–H groups in total. The largest absolute Gasteiger partial charge is 0.497 e. The molecule has 0 aliphatic carbocycles. The molecule has 0 aliphatic heterocycles. The minimum atomic E-state index is -0.217. The van der Waals surface area contributed by atoms with Crippen molar-refractivity contribution in [2.75, 3.05) is 12.4 Å². The van der Waals surface area contributed by atoms with E-state index in [9.17, 15) is 9.59 Å². The zero-order chi connectivity index (χ0) is 19.9. The zero-order valence-electron chi connectivity index (χ0n) is 15.2. The molecule has 0 aliphatic rings. The summed E-state index contributed by atoms with van der Waals surface area (Å²) in [5.74, 6) is 0.439. The molecule has 1 amide bonds. The smallest absolute Gasteiger partial charge is 0.256 e. The maximum Gasteiger partial charge on any atom is 0.256 e. The van der Waals surface area contributed by atoms with Gasteiger partial charge in [0.2, 0.25) is 0 Å². The number of carbonyl (C=O) groups is 2. The van der Waals surface area contributed by atoms with Crippen LogP contribution in [-0.2, 0) is 0 Å². The minimum absolute atomic E-state index is 0.112. The molecule has 28 heavy (non-hydrogen) atoms. The average Bonchev–Trinajstić information content (AvgIpc) is 2.73. The van der Waals surface area contributed by atoms with Crippen molar-refractivity contribution in [3.8, 4) is 5.75 Å². The van der Waals surface area contributed by atoms with Crippen LogP contribution in [0.15, 0.2) is 83.3 Å². The lowest BCUT2D eigenvalue weighted by molar-refractivity contribution is 0.102. The molecule has 3 aromatic rings. The Balaban J connectivity index is 1.64. The Kier molecular flexibility index (Phi) is 6.40. The quantitative estimate of drug-likeness (QED) is 0.404. The minimum Gasteiger partial charge on any atom is -0.497 e.